The lowest BCUT2D eigenvalue weighted by atomic mass is 10.1. The van der Waals surface area contributed by atoms with Crippen LogP contribution in [0.1, 0.15) is 33.6 Å². The Bertz CT molecular complexity index is 266. The van der Waals surface area contributed by atoms with E-state index in [0.717, 1.165) is 12.8 Å². The summed E-state index contributed by atoms with van der Waals surface area (Å²) in [6, 6.07) is -0.361. The van der Waals surface area contributed by atoms with Gasteiger partial charge in [0.1, 0.15) is 11.4 Å². The molecule has 1 aliphatic rings. The van der Waals surface area contributed by atoms with Crippen LogP contribution in [0.4, 0.5) is 4.79 Å². The largest absolute Gasteiger partial charge is 0.444 e. The Morgan fingerprint density at radius 3 is 2.40 bits per heavy atom. The number of hydrogen-bond donors (Lipinski definition) is 3. The predicted molar refractivity (Wildman–Crippen MR) is 57.8 cm³/mol. The molecule has 5 nitrogen and oxygen atoms in total. The topological polar surface area (TPSA) is 88.2 Å². The van der Waals surface area contributed by atoms with Gasteiger partial charge in [-0.3, -0.25) is 5.41 Å². The van der Waals surface area contributed by atoms with E-state index in [0.29, 0.717) is 5.92 Å². The van der Waals surface area contributed by atoms with E-state index in [1.807, 2.05) is 0 Å². The molecule has 1 amide bonds. The Balaban J connectivity index is 2.44. The number of amidine groups is 1. The molecule has 0 heterocycles. The number of hydrogen-bond acceptors (Lipinski definition) is 3. The molecule has 0 aromatic carbocycles. The molecule has 0 aliphatic heterocycles. The number of carbonyl (C=O) groups excluding carboxylic acids is 1. The summed E-state index contributed by atoms with van der Waals surface area (Å²) in [5.41, 5.74) is 4.88. The van der Waals surface area contributed by atoms with Crippen molar-refractivity contribution in [1.29, 1.82) is 5.41 Å². The zero-order valence-corrected chi connectivity index (χ0v) is 9.46. The van der Waals surface area contributed by atoms with Gasteiger partial charge in [-0.05, 0) is 39.5 Å². The SMILES string of the molecule is CC(C)(C)OC(=O)NC(C(=N)N)C1CC1. The van der Waals surface area contributed by atoms with E-state index in [-0.39, 0.29) is 11.9 Å². The minimum Gasteiger partial charge on any atom is -0.444 e. The van der Waals surface area contributed by atoms with Crippen molar-refractivity contribution in [1.82, 2.24) is 5.32 Å². The Hall–Kier alpha value is -1.26. The van der Waals surface area contributed by atoms with Gasteiger partial charge in [-0.1, -0.05) is 0 Å². The highest BCUT2D eigenvalue weighted by molar-refractivity contribution is 5.87. The molecule has 0 bridgehead atoms. The summed E-state index contributed by atoms with van der Waals surface area (Å²) in [6.45, 7) is 5.39. The molecule has 4 N–H and O–H groups in total. The van der Waals surface area contributed by atoms with Gasteiger partial charge >= 0.3 is 6.09 Å². The van der Waals surface area contributed by atoms with Gasteiger partial charge in [0.25, 0.3) is 0 Å². The van der Waals surface area contributed by atoms with Gasteiger partial charge in [0.15, 0.2) is 0 Å². The minimum absolute atomic E-state index is 0.00311. The van der Waals surface area contributed by atoms with Gasteiger partial charge in [0.2, 0.25) is 0 Å². The summed E-state index contributed by atoms with van der Waals surface area (Å²) in [5.74, 6) is 0.318. The lowest BCUT2D eigenvalue weighted by Crippen LogP contribution is -2.47. The number of alkyl carbamates (subject to hydrolysis) is 1. The molecular weight excluding hydrogens is 194 g/mol. The smallest absolute Gasteiger partial charge is 0.408 e. The highest BCUT2D eigenvalue weighted by atomic mass is 16.6. The van der Waals surface area contributed by atoms with Gasteiger partial charge < -0.3 is 15.8 Å². The molecular formula is C10H19N3O2. The van der Waals surface area contributed by atoms with Crippen LogP contribution >= 0.6 is 0 Å². The maximum Gasteiger partial charge on any atom is 0.408 e. The number of ether oxygens (including phenoxy) is 1. The third-order valence-corrected chi connectivity index (χ3v) is 2.10. The van der Waals surface area contributed by atoms with Gasteiger partial charge in [0.05, 0.1) is 6.04 Å². The van der Waals surface area contributed by atoms with Gasteiger partial charge in [-0.25, -0.2) is 4.79 Å². The average Bonchev–Trinajstić information content (AvgIpc) is 2.78. The summed E-state index contributed by atoms with van der Waals surface area (Å²) in [5, 5.41) is 9.98. The zero-order chi connectivity index (χ0) is 11.6. The average molecular weight is 213 g/mol. The van der Waals surface area contributed by atoms with Crippen molar-refractivity contribution in [2.24, 2.45) is 11.7 Å². The third-order valence-electron chi connectivity index (χ3n) is 2.10. The first-order valence-corrected chi connectivity index (χ1v) is 5.13. The quantitative estimate of drug-likeness (QED) is 0.486. The number of nitrogens with one attached hydrogen (secondary N) is 2. The van der Waals surface area contributed by atoms with Crippen LogP contribution in [0, 0.1) is 11.3 Å². The van der Waals surface area contributed by atoms with Crippen LogP contribution in [-0.4, -0.2) is 23.6 Å². The number of amides is 1. The Kier molecular flexibility index (Phi) is 3.21. The predicted octanol–water partition coefficient (Wildman–Crippen LogP) is 1.23. The van der Waals surface area contributed by atoms with Crippen molar-refractivity contribution in [2.45, 2.75) is 45.3 Å². The maximum atomic E-state index is 11.4. The van der Waals surface area contributed by atoms with Crippen molar-refractivity contribution >= 4 is 11.9 Å². The van der Waals surface area contributed by atoms with E-state index in [1.165, 1.54) is 0 Å². The summed E-state index contributed by atoms with van der Waals surface area (Å²) >= 11 is 0. The van der Waals surface area contributed by atoms with E-state index in [4.69, 9.17) is 15.9 Å². The van der Waals surface area contributed by atoms with Crippen molar-refractivity contribution < 1.29 is 9.53 Å². The molecule has 1 rings (SSSR count). The van der Waals surface area contributed by atoms with Crippen molar-refractivity contribution in [2.75, 3.05) is 0 Å². The van der Waals surface area contributed by atoms with Crippen molar-refractivity contribution in [3.63, 3.8) is 0 Å². The van der Waals surface area contributed by atoms with Crippen LogP contribution < -0.4 is 11.1 Å². The van der Waals surface area contributed by atoms with E-state index >= 15 is 0 Å². The van der Waals surface area contributed by atoms with E-state index in [1.54, 1.807) is 20.8 Å². The van der Waals surface area contributed by atoms with E-state index < -0.39 is 11.7 Å². The van der Waals surface area contributed by atoms with Crippen LogP contribution in [0.15, 0.2) is 0 Å². The van der Waals surface area contributed by atoms with Crippen LogP contribution in [-0.2, 0) is 4.74 Å². The van der Waals surface area contributed by atoms with Crippen LogP contribution in [0.3, 0.4) is 0 Å². The van der Waals surface area contributed by atoms with Gasteiger partial charge in [0, 0.05) is 0 Å². The number of nitrogens with two attached hydrogens (primary N) is 1. The highest BCUT2D eigenvalue weighted by Gasteiger charge is 2.35. The standard InChI is InChI=1S/C10H19N3O2/c1-10(2,3)15-9(14)13-7(8(11)12)6-4-5-6/h6-7H,4-5H2,1-3H3,(H3,11,12)(H,13,14). The highest BCUT2D eigenvalue weighted by Crippen LogP contribution is 2.32. The van der Waals surface area contributed by atoms with Gasteiger partial charge in [-0.2, -0.15) is 0 Å². The summed E-state index contributed by atoms with van der Waals surface area (Å²) in [6.07, 6.45) is 1.52. The first kappa shape index (κ1) is 11.8. The molecule has 1 unspecified atom stereocenters. The van der Waals surface area contributed by atoms with E-state index in [9.17, 15) is 4.79 Å². The molecule has 1 fully saturated rings. The van der Waals surface area contributed by atoms with Crippen LogP contribution in [0.2, 0.25) is 0 Å². The van der Waals surface area contributed by atoms with Crippen LogP contribution in [0.25, 0.3) is 0 Å². The molecule has 86 valence electrons. The molecule has 0 saturated heterocycles. The number of carbonyl (C=O) groups is 1. The second-order valence-electron chi connectivity index (χ2n) is 4.92. The Labute approximate surface area is 89.9 Å². The molecule has 0 aromatic rings. The summed E-state index contributed by atoms with van der Waals surface area (Å²) < 4.78 is 5.09. The van der Waals surface area contributed by atoms with Gasteiger partial charge in [-0.15, -0.1) is 0 Å². The fourth-order valence-corrected chi connectivity index (χ4v) is 1.31. The Morgan fingerprint density at radius 2 is 2.07 bits per heavy atom. The third kappa shape index (κ3) is 4.18. The lowest BCUT2D eigenvalue weighted by molar-refractivity contribution is 0.0513. The normalized spacial score (nSPS) is 18.1. The van der Waals surface area contributed by atoms with E-state index in [2.05, 4.69) is 5.32 Å². The molecule has 1 atom stereocenters. The second-order valence-corrected chi connectivity index (χ2v) is 4.92. The fourth-order valence-electron chi connectivity index (χ4n) is 1.31. The van der Waals surface area contributed by atoms with Crippen LogP contribution in [0.5, 0.6) is 0 Å². The molecule has 0 radical (unpaired) electrons. The summed E-state index contributed by atoms with van der Waals surface area (Å²) in [7, 11) is 0. The second kappa shape index (κ2) is 4.08. The first-order valence-electron chi connectivity index (χ1n) is 5.13. The number of rotatable bonds is 3. The molecule has 0 aromatic heterocycles. The fraction of sp³-hybridized carbons (Fsp3) is 0.800. The summed E-state index contributed by atoms with van der Waals surface area (Å²) in [4.78, 5) is 11.4. The lowest BCUT2D eigenvalue weighted by Gasteiger charge is -2.22. The molecule has 5 heteroatoms. The van der Waals surface area contributed by atoms with Crippen molar-refractivity contribution in [3.05, 3.63) is 0 Å². The Morgan fingerprint density at radius 1 is 1.53 bits per heavy atom. The first-order chi connectivity index (χ1) is 6.79. The molecule has 0 spiro atoms. The minimum atomic E-state index is -0.519. The molecule has 1 aliphatic carbocycles. The zero-order valence-electron chi connectivity index (χ0n) is 9.46. The maximum absolute atomic E-state index is 11.4. The van der Waals surface area contributed by atoms with Crippen molar-refractivity contribution in [3.8, 4) is 0 Å². The molecule has 15 heavy (non-hydrogen) atoms. The monoisotopic (exact) mass is 213 g/mol. The molecule has 1 saturated carbocycles.